The molecule has 66 valence electrons. The van der Waals surface area contributed by atoms with Gasteiger partial charge >= 0.3 is 0 Å². The summed E-state index contributed by atoms with van der Waals surface area (Å²) in [5, 5.41) is 0. The molecule has 2 nitrogen and oxygen atoms in total. The van der Waals surface area contributed by atoms with Gasteiger partial charge in [-0.1, -0.05) is 6.07 Å². The van der Waals surface area contributed by atoms with Gasteiger partial charge in [-0.3, -0.25) is 0 Å². The number of methoxy groups -OCH3 is 2. The van der Waals surface area contributed by atoms with Crippen LogP contribution in [0, 0.1) is 0 Å². The minimum Gasteiger partial charge on any atom is -0.493 e. The average molecular weight is 184 g/mol. The lowest BCUT2D eigenvalue weighted by Gasteiger charge is -2.09. The summed E-state index contributed by atoms with van der Waals surface area (Å²) in [6.07, 6.45) is 2.01. The Hall–Kier alpha value is -0.830. The zero-order chi connectivity index (χ0) is 8.97. The normalized spacial score (nSPS) is 9.58. The molecule has 0 heterocycles. The molecule has 0 aliphatic rings. The minimum absolute atomic E-state index is 0.782. The smallest absolute Gasteiger partial charge is 0.174 e. The highest BCUT2D eigenvalue weighted by Gasteiger charge is 2.06. The highest BCUT2D eigenvalue weighted by Crippen LogP contribution is 2.35. The molecule has 0 saturated carbocycles. The van der Waals surface area contributed by atoms with Crippen LogP contribution in [0.3, 0.4) is 0 Å². The first-order chi connectivity index (χ1) is 5.83. The van der Waals surface area contributed by atoms with Gasteiger partial charge in [-0.2, -0.15) is 0 Å². The van der Waals surface area contributed by atoms with Gasteiger partial charge in [-0.25, -0.2) is 0 Å². The van der Waals surface area contributed by atoms with Crippen molar-refractivity contribution in [2.75, 3.05) is 20.5 Å². The first-order valence-electron chi connectivity index (χ1n) is 3.58. The number of ether oxygens (including phenoxy) is 2. The molecule has 12 heavy (non-hydrogen) atoms. The second kappa shape index (κ2) is 4.26. The van der Waals surface area contributed by atoms with E-state index in [1.807, 2.05) is 24.5 Å². The Morgan fingerprint density at radius 2 is 1.92 bits per heavy atom. The van der Waals surface area contributed by atoms with Gasteiger partial charge in [0.2, 0.25) is 0 Å². The molecule has 0 atom stereocenters. The van der Waals surface area contributed by atoms with Crippen molar-refractivity contribution in [2.45, 2.75) is 4.90 Å². The van der Waals surface area contributed by atoms with Crippen LogP contribution in [0.15, 0.2) is 23.1 Å². The van der Waals surface area contributed by atoms with Crippen molar-refractivity contribution in [3.05, 3.63) is 18.2 Å². The van der Waals surface area contributed by atoms with Crippen LogP contribution in [0.2, 0.25) is 0 Å². The van der Waals surface area contributed by atoms with Crippen molar-refractivity contribution in [2.24, 2.45) is 0 Å². The number of para-hydroxylation sites is 1. The van der Waals surface area contributed by atoms with Crippen LogP contribution in [0.4, 0.5) is 0 Å². The van der Waals surface area contributed by atoms with Crippen LogP contribution >= 0.6 is 11.8 Å². The molecule has 0 radical (unpaired) electrons. The van der Waals surface area contributed by atoms with E-state index in [9.17, 15) is 0 Å². The Balaban J connectivity index is 3.13. The molecule has 0 amide bonds. The summed E-state index contributed by atoms with van der Waals surface area (Å²) in [6.45, 7) is 0. The molecule has 3 heteroatoms. The monoisotopic (exact) mass is 184 g/mol. The van der Waals surface area contributed by atoms with Crippen LogP contribution in [-0.2, 0) is 0 Å². The molecule has 0 aliphatic carbocycles. The highest BCUT2D eigenvalue weighted by atomic mass is 32.2. The Morgan fingerprint density at radius 1 is 1.17 bits per heavy atom. The number of thioether (sulfide) groups is 1. The molecule has 0 bridgehead atoms. The third kappa shape index (κ3) is 1.67. The Kier molecular flexibility index (Phi) is 3.29. The first kappa shape index (κ1) is 9.26. The number of rotatable bonds is 3. The maximum atomic E-state index is 5.21. The summed E-state index contributed by atoms with van der Waals surface area (Å²) < 4.78 is 10.4. The quantitative estimate of drug-likeness (QED) is 0.672. The Bertz CT molecular complexity index is 238. The zero-order valence-electron chi connectivity index (χ0n) is 7.46. The van der Waals surface area contributed by atoms with Gasteiger partial charge in [-0.15, -0.1) is 11.8 Å². The van der Waals surface area contributed by atoms with E-state index in [1.54, 1.807) is 26.0 Å². The molecule has 0 aromatic heterocycles. The van der Waals surface area contributed by atoms with Gasteiger partial charge in [0, 0.05) is 0 Å². The molecule has 1 rings (SSSR count). The number of hydrogen-bond acceptors (Lipinski definition) is 3. The maximum Gasteiger partial charge on any atom is 0.174 e. The Morgan fingerprint density at radius 3 is 2.42 bits per heavy atom. The van der Waals surface area contributed by atoms with E-state index >= 15 is 0 Å². The molecule has 1 aromatic carbocycles. The van der Waals surface area contributed by atoms with E-state index in [-0.39, 0.29) is 0 Å². The van der Waals surface area contributed by atoms with Crippen molar-refractivity contribution in [3.8, 4) is 11.5 Å². The van der Waals surface area contributed by atoms with E-state index in [0.717, 1.165) is 16.4 Å². The fourth-order valence-corrected chi connectivity index (χ4v) is 1.60. The highest BCUT2D eigenvalue weighted by molar-refractivity contribution is 7.98. The number of hydrogen-bond donors (Lipinski definition) is 0. The summed E-state index contributed by atoms with van der Waals surface area (Å²) in [5.41, 5.74) is 0. The van der Waals surface area contributed by atoms with Crippen molar-refractivity contribution in [1.29, 1.82) is 0 Å². The number of benzene rings is 1. The summed E-state index contributed by atoms with van der Waals surface area (Å²) in [4.78, 5) is 1.09. The van der Waals surface area contributed by atoms with Gasteiger partial charge in [0.25, 0.3) is 0 Å². The van der Waals surface area contributed by atoms with Crippen LogP contribution in [0.1, 0.15) is 0 Å². The molecule has 0 saturated heterocycles. The van der Waals surface area contributed by atoms with Crippen molar-refractivity contribution >= 4 is 11.8 Å². The van der Waals surface area contributed by atoms with Gasteiger partial charge < -0.3 is 9.47 Å². The van der Waals surface area contributed by atoms with Crippen molar-refractivity contribution in [3.63, 3.8) is 0 Å². The molecule has 0 unspecified atom stereocenters. The van der Waals surface area contributed by atoms with Gasteiger partial charge in [-0.05, 0) is 18.4 Å². The molecule has 0 fully saturated rings. The standard InChI is InChI=1S/C9H12O2S/c1-10-7-5-4-6-8(12-3)9(7)11-2/h4-6H,1-3H3. The lowest BCUT2D eigenvalue weighted by molar-refractivity contribution is 0.348. The minimum atomic E-state index is 0.782. The molecule has 0 N–H and O–H groups in total. The third-order valence-electron chi connectivity index (χ3n) is 1.59. The zero-order valence-corrected chi connectivity index (χ0v) is 8.27. The predicted octanol–water partition coefficient (Wildman–Crippen LogP) is 2.43. The van der Waals surface area contributed by atoms with Crippen LogP contribution in [0.5, 0.6) is 11.5 Å². The summed E-state index contributed by atoms with van der Waals surface area (Å²) >= 11 is 1.64. The SMILES string of the molecule is COc1cccc(SC)c1OC. The topological polar surface area (TPSA) is 18.5 Å². The van der Waals surface area contributed by atoms with E-state index in [0.29, 0.717) is 0 Å². The third-order valence-corrected chi connectivity index (χ3v) is 2.35. The van der Waals surface area contributed by atoms with E-state index in [4.69, 9.17) is 9.47 Å². The summed E-state index contributed by atoms with van der Waals surface area (Å²) in [5.74, 6) is 1.59. The molecular weight excluding hydrogens is 172 g/mol. The maximum absolute atomic E-state index is 5.21. The van der Waals surface area contributed by atoms with Crippen LogP contribution in [0.25, 0.3) is 0 Å². The fraction of sp³-hybridized carbons (Fsp3) is 0.333. The first-order valence-corrected chi connectivity index (χ1v) is 4.81. The summed E-state index contributed by atoms with van der Waals surface area (Å²) in [6, 6.07) is 5.85. The molecular formula is C9H12O2S. The van der Waals surface area contributed by atoms with Crippen LogP contribution < -0.4 is 9.47 Å². The molecule has 0 aliphatic heterocycles. The largest absolute Gasteiger partial charge is 0.493 e. The summed E-state index contributed by atoms with van der Waals surface area (Å²) in [7, 11) is 3.29. The molecule has 0 spiro atoms. The molecule has 1 aromatic rings. The van der Waals surface area contributed by atoms with E-state index in [2.05, 4.69) is 0 Å². The average Bonchev–Trinajstić information content (AvgIpc) is 2.16. The van der Waals surface area contributed by atoms with Gasteiger partial charge in [0.05, 0.1) is 19.1 Å². The predicted molar refractivity (Wildman–Crippen MR) is 51.3 cm³/mol. The van der Waals surface area contributed by atoms with Crippen LogP contribution in [-0.4, -0.2) is 20.5 Å². The lowest BCUT2D eigenvalue weighted by atomic mass is 10.3. The fourth-order valence-electron chi connectivity index (χ4n) is 1.02. The van der Waals surface area contributed by atoms with E-state index in [1.165, 1.54) is 0 Å². The Labute approximate surface area is 76.9 Å². The lowest BCUT2D eigenvalue weighted by Crippen LogP contribution is -1.91. The van der Waals surface area contributed by atoms with Gasteiger partial charge in [0.15, 0.2) is 11.5 Å². The van der Waals surface area contributed by atoms with Gasteiger partial charge in [0.1, 0.15) is 0 Å². The second-order valence-electron chi connectivity index (χ2n) is 2.20. The van der Waals surface area contributed by atoms with Crippen molar-refractivity contribution < 1.29 is 9.47 Å². The van der Waals surface area contributed by atoms with Crippen molar-refractivity contribution in [1.82, 2.24) is 0 Å². The second-order valence-corrected chi connectivity index (χ2v) is 3.04. The van der Waals surface area contributed by atoms with E-state index < -0.39 is 0 Å².